The maximum absolute atomic E-state index is 12.9. The molecule has 13 heteroatoms. The van der Waals surface area contributed by atoms with E-state index in [1.807, 2.05) is 51.3 Å². The molecule has 4 rings (SSSR count). The Labute approximate surface area is 278 Å². The molecule has 0 aliphatic carbocycles. The number of alkyl halides is 3. The van der Waals surface area contributed by atoms with E-state index in [0.717, 1.165) is 23.7 Å². The molecular weight excluding hydrogens is 636 g/mol. The van der Waals surface area contributed by atoms with Gasteiger partial charge in [-0.15, -0.1) is 21.0 Å². The van der Waals surface area contributed by atoms with Crippen LogP contribution in [0.4, 0.5) is 18.0 Å². The SMILES string of the molecule is CC.CC(F)(F)F.COCc1c2ccc(-c3ccc(P)cc3)c1SCCN=C2N1CC(C)N(C(=O)OC(C)(C)C)C(C)C1.NC=O. The van der Waals surface area contributed by atoms with Gasteiger partial charge in [0.05, 0.1) is 25.2 Å². The van der Waals surface area contributed by atoms with E-state index in [1.165, 1.54) is 26.9 Å². The van der Waals surface area contributed by atoms with Gasteiger partial charge in [-0.1, -0.05) is 50.2 Å². The van der Waals surface area contributed by atoms with Crippen molar-refractivity contribution in [1.82, 2.24) is 9.80 Å². The van der Waals surface area contributed by atoms with Gasteiger partial charge in [0.15, 0.2) is 0 Å². The molecule has 46 heavy (non-hydrogen) atoms. The molecule has 2 aliphatic rings. The number of fused-ring (bicyclic) bond motifs is 2. The number of primary amides is 1. The lowest BCUT2D eigenvalue weighted by molar-refractivity contribution is -0.110. The summed E-state index contributed by atoms with van der Waals surface area (Å²) in [6.07, 6.45) is -4.00. The highest BCUT2D eigenvalue weighted by atomic mass is 32.2. The van der Waals surface area contributed by atoms with Crippen LogP contribution < -0.4 is 11.0 Å². The molecule has 2 aromatic rings. The number of hydrogen-bond acceptors (Lipinski definition) is 7. The Balaban J connectivity index is 0.000000935. The van der Waals surface area contributed by atoms with Crippen LogP contribution in [0.3, 0.4) is 0 Å². The van der Waals surface area contributed by atoms with Gasteiger partial charge in [0.25, 0.3) is 0 Å². The number of carbonyl (C=O) groups excluding carboxylic acids is 2. The van der Waals surface area contributed by atoms with E-state index in [4.69, 9.17) is 19.3 Å². The normalized spacial score (nSPS) is 17.7. The summed E-state index contributed by atoms with van der Waals surface area (Å²) >= 11 is 1.86. The van der Waals surface area contributed by atoms with E-state index in [1.54, 1.807) is 7.11 Å². The van der Waals surface area contributed by atoms with Crippen LogP contribution in [-0.4, -0.2) is 84.5 Å². The minimum absolute atomic E-state index is 0.00108. The molecule has 2 amide bonds. The summed E-state index contributed by atoms with van der Waals surface area (Å²) in [4.78, 5) is 32.1. The number of halogens is 3. The van der Waals surface area contributed by atoms with Gasteiger partial charge in [-0.25, -0.2) is 4.79 Å². The number of piperazine rings is 1. The Morgan fingerprint density at radius 3 is 2.02 bits per heavy atom. The number of nitrogens with two attached hydrogens (primary N) is 1. The van der Waals surface area contributed by atoms with Gasteiger partial charge in [0.1, 0.15) is 11.4 Å². The standard InChI is InChI=1S/C28H38N3O3PS.C2H3F3.C2H6.CH3NO/c1-18-15-30(16-19(2)31(18)27(32)34-28(3,4)5)26-23-12-11-22(20-7-9-21(35)10-8-20)25(24(23)17-33-6)36-14-13-29-26;1-2(3,4)5;1-2;2-1-3/h7-12,18-19H,13-17,35H2,1-6H3;1H3;1-2H3;1H,(H2,2,3). The third-order valence-corrected chi connectivity index (χ3v) is 7.96. The molecule has 3 atom stereocenters. The van der Waals surface area contributed by atoms with Crippen LogP contribution in [0.2, 0.25) is 0 Å². The lowest BCUT2D eigenvalue weighted by Crippen LogP contribution is -2.60. The van der Waals surface area contributed by atoms with Crippen LogP contribution in [0.1, 0.15) is 66.5 Å². The fourth-order valence-electron chi connectivity index (χ4n) is 5.00. The summed E-state index contributed by atoms with van der Waals surface area (Å²) in [7, 11) is 4.50. The smallest absolute Gasteiger partial charge is 0.410 e. The first-order valence-corrected chi connectivity index (χ1v) is 16.7. The number of amides is 2. The summed E-state index contributed by atoms with van der Waals surface area (Å²) < 4.78 is 42.5. The molecule has 0 radical (unpaired) electrons. The summed E-state index contributed by atoms with van der Waals surface area (Å²) in [5.74, 6) is 1.90. The van der Waals surface area contributed by atoms with E-state index in [-0.39, 0.29) is 31.5 Å². The van der Waals surface area contributed by atoms with Crippen LogP contribution in [0.25, 0.3) is 11.1 Å². The molecule has 3 unspecified atom stereocenters. The number of amidine groups is 1. The molecule has 1 saturated heterocycles. The number of carbonyl (C=O) groups is 2. The van der Waals surface area contributed by atoms with E-state index in [0.29, 0.717) is 19.7 Å². The summed E-state index contributed by atoms with van der Waals surface area (Å²) in [6, 6.07) is 13.0. The minimum Gasteiger partial charge on any atom is -0.444 e. The van der Waals surface area contributed by atoms with Gasteiger partial charge >= 0.3 is 12.3 Å². The highest BCUT2D eigenvalue weighted by Crippen LogP contribution is 2.38. The number of ether oxygens (including phenoxy) is 2. The van der Waals surface area contributed by atoms with E-state index < -0.39 is 11.8 Å². The number of methoxy groups -OCH3 is 1. The molecule has 2 aliphatic heterocycles. The molecule has 8 nitrogen and oxygen atoms in total. The highest BCUT2D eigenvalue weighted by molar-refractivity contribution is 7.99. The van der Waals surface area contributed by atoms with Crippen LogP contribution >= 0.6 is 21.0 Å². The van der Waals surface area contributed by atoms with E-state index >= 15 is 0 Å². The number of aliphatic imine (C=N–C) groups is 1. The third kappa shape index (κ3) is 13.1. The topological polar surface area (TPSA) is 97.5 Å². The minimum atomic E-state index is -4.00. The van der Waals surface area contributed by atoms with Gasteiger partial charge in [0, 0.05) is 48.9 Å². The first-order chi connectivity index (χ1) is 21.5. The Kier molecular flexibility index (Phi) is 17.1. The Hall–Kier alpha value is -2.82. The summed E-state index contributed by atoms with van der Waals surface area (Å²) in [6.45, 7) is 16.8. The third-order valence-electron chi connectivity index (χ3n) is 6.43. The zero-order chi connectivity index (χ0) is 35.2. The van der Waals surface area contributed by atoms with Crippen molar-refractivity contribution >= 4 is 44.6 Å². The van der Waals surface area contributed by atoms with Gasteiger partial charge < -0.3 is 20.1 Å². The fourth-order valence-corrected chi connectivity index (χ4v) is 6.27. The van der Waals surface area contributed by atoms with Crippen LogP contribution in [0.5, 0.6) is 0 Å². The van der Waals surface area contributed by atoms with Crippen molar-refractivity contribution in [3.8, 4) is 11.1 Å². The molecule has 0 spiro atoms. The maximum Gasteiger partial charge on any atom is 0.410 e. The highest BCUT2D eigenvalue weighted by Gasteiger charge is 2.37. The predicted octanol–water partition coefficient (Wildman–Crippen LogP) is 6.88. The molecule has 2 bridgehead atoms. The molecular formula is C33H50F3N4O4PS. The average molecular weight is 687 g/mol. The van der Waals surface area contributed by atoms with Crippen molar-refractivity contribution in [2.24, 2.45) is 10.7 Å². The number of rotatable bonds is 3. The largest absolute Gasteiger partial charge is 0.444 e. The Bertz CT molecular complexity index is 1270. The fraction of sp³-hybridized carbons (Fsp3) is 0.545. The second-order valence-corrected chi connectivity index (χ2v) is 13.3. The van der Waals surface area contributed by atoms with E-state index in [2.05, 4.69) is 70.1 Å². The van der Waals surface area contributed by atoms with Crippen molar-refractivity contribution in [3.63, 3.8) is 0 Å². The first-order valence-electron chi connectivity index (χ1n) is 15.2. The quantitative estimate of drug-likeness (QED) is 0.280. The average Bonchev–Trinajstić information content (AvgIpc) is 2.93. The molecule has 258 valence electrons. The summed E-state index contributed by atoms with van der Waals surface area (Å²) in [5, 5.41) is 1.17. The van der Waals surface area contributed by atoms with Crippen molar-refractivity contribution in [1.29, 1.82) is 0 Å². The van der Waals surface area contributed by atoms with Crippen LogP contribution in [-0.2, 0) is 20.9 Å². The van der Waals surface area contributed by atoms with Crippen molar-refractivity contribution in [3.05, 3.63) is 47.5 Å². The zero-order valence-corrected chi connectivity index (χ0v) is 30.4. The second-order valence-electron chi connectivity index (χ2n) is 11.5. The monoisotopic (exact) mass is 686 g/mol. The molecule has 2 heterocycles. The first kappa shape index (κ1) is 41.2. The predicted molar refractivity (Wildman–Crippen MR) is 186 cm³/mol. The molecule has 2 N–H and O–H groups in total. The van der Waals surface area contributed by atoms with Gasteiger partial charge in [0.2, 0.25) is 6.41 Å². The van der Waals surface area contributed by atoms with E-state index in [9.17, 15) is 18.0 Å². The molecule has 1 fully saturated rings. The molecule has 0 saturated carbocycles. The maximum atomic E-state index is 12.9. The van der Waals surface area contributed by atoms with Crippen molar-refractivity contribution < 1.29 is 32.2 Å². The molecule has 0 aromatic heterocycles. The Morgan fingerprint density at radius 2 is 1.54 bits per heavy atom. The summed E-state index contributed by atoms with van der Waals surface area (Å²) in [5.41, 5.74) is 8.40. The van der Waals surface area contributed by atoms with Gasteiger partial charge in [-0.3, -0.25) is 14.7 Å². The van der Waals surface area contributed by atoms with Crippen LogP contribution in [0.15, 0.2) is 46.3 Å². The number of thioether (sulfide) groups is 1. The number of benzene rings is 2. The zero-order valence-electron chi connectivity index (χ0n) is 28.4. The Morgan fingerprint density at radius 1 is 1.04 bits per heavy atom. The lowest BCUT2D eigenvalue weighted by atomic mass is 9.97. The van der Waals surface area contributed by atoms with Crippen molar-refractivity contribution in [2.75, 3.05) is 32.5 Å². The van der Waals surface area contributed by atoms with Crippen LogP contribution in [0, 0.1) is 0 Å². The van der Waals surface area contributed by atoms with Gasteiger partial charge in [-0.2, -0.15) is 13.2 Å². The van der Waals surface area contributed by atoms with Gasteiger partial charge in [-0.05, 0) is 51.1 Å². The lowest BCUT2D eigenvalue weighted by Gasteiger charge is -2.45. The number of hydrogen-bond donors (Lipinski definition) is 1. The number of nitrogens with zero attached hydrogens (tertiary/aromatic N) is 3. The van der Waals surface area contributed by atoms with Crippen molar-refractivity contribution in [2.45, 2.75) is 90.8 Å². The molecule has 2 aromatic carbocycles. The second kappa shape index (κ2) is 19.1.